The molecule has 0 atom stereocenters. The average molecular weight is 315 g/mol. The van der Waals surface area contributed by atoms with Crippen molar-refractivity contribution in [3.05, 3.63) is 35.4 Å². The molecule has 0 bridgehead atoms. The number of hydrogen-bond acceptors (Lipinski definition) is 2. The molecular weight excluding hydrogens is 291 g/mol. The van der Waals surface area contributed by atoms with E-state index >= 15 is 0 Å². The molecule has 0 aromatic heterocycles. The summed E-state index contributed by atoms with van der Waals surface area (Å²) in [4.78, 5) is 0. The van der Waals surface area contributed by atoms with Gasteiger partial charge in [0.2, 0.25) is 0 Å². The van der Waals surface area contributed by atoms with E-state index in [-0.39, 0.29) is 12.8 Å². The lowest BCUT2D eigenvalue weighted by Gasteiger charge is -2.30. The lowest BCUT2D eigenvalue weighted by molar-refractivity contribution is -0.183. The number of hydrogen-bond donors (Lipinski definition) is 1. The predicted octanol–water partition coefficient (Wildman–Crippen LogP) is 4.29. The molecule has 0 saturated heterocycles. The number of nitrogens with one attached hydrogen (secondary N) is 1. The number of ether oxygens (including phenoxy) is 1. The monoisotopic (exact) mass is 315 g/mol. The van der Waals surface area contributed by atoms with Crippen molar-refractivity contribution in [2.75, 3.05) is 13.7 Å². The van der Waals surface area contributed by atoms with Gasteiger partial charge in [0.15, 0.2) is 0 Å². The molecule has 5 heteroatoms. The maximum atomic E-state index is 12.6. The summed E-state index contributed by atoms with van der Waals surface area (Å²) in [5.74, 6) is -0.727. The van der Waals surface area contributed by atoms with Crippen molar-refractivity contribution in [2.45, 2.75) is 45.0 Å². The smallest absolute Gasteiger partial charge is 0.380 e. The highest BCUT2D eigenvalue weighted by atomic mass is 19.4. The molecular formula is C17H24F3NO. The van der Waals surface area contributed by atoms with Crippen LogP contribution in [-0.2, 0) is 17.9 Å². The van der Waals surface area contributed by atoms with Gasteiger partial charge in [-0.25, -0.2) is 0 Å². The highest BCUT2D eigenvalue weighted by molar-refractivity contribution is 5.22. The minimum Gasteiger partial charge on any atom is -0.380 e. The van der Waals surface area contributed by atoms with Crippen LogP contribution in [0.5, 0.6) is 0 Å². The van der Waals surface area contributed by atoms with Crippen molar-refractivity contribution in [2.24, 2.45) is 11.8 Å². The maximum absolute atomic E-state index is 12.6. The fourth-order valence-electron chi connectivity index (χ4n) is 3.11. The summed E-state index contributed by atoms with van der Waals surface area (Å²) in [7, 11) is 1.67. The minimum atomic E-state index is -4.01. The SMILES string of the molecule is COCc1cccc(CNCC2CCC(C(F)(F)F)CC2)c1. The van der Waals surface area contributed by atoms with Crippen LogP contribution in [0, 0.1) is 11.8 Å². The Bertz CT molecular complexity index is 453. The molecule has 124 valence electrons. The molecule has 1 aliphatic carbocycles. The van der Waals surface area contributed by atoms with Gasteiger partial charge in [-0.15, -0.1) is 0 Å². The molecule has 2 rings (SSSR count). The van der Waals surface area contributed by atoms with Gasteiger partial charge in [0.25, 0.3) is 0 Å². The van der Waals surface area contributed by atoms with Crippen LogP contribution in [0.15, 0.2) is 24.3 Å². The van der Waals surface area contributed by atoms with Gasteiger partial charge >= 0.3 is 6.18 Å². The van der Waals surface area contributed by atoms with Crippen LogP contribution < -0.4 is 5.32 Å². The van der Waals surface area contributed by atoms with E-state index < -0.39 is 12.1 Å². The first-order valence-corrected chi connectivity index (χ1v) is 7.83. The van der Waals surface area contributed by atoms with Crippen molar-refractivity contribution >= 4 is 0 Å². The highest BCUT2D eigenvalue weighted by Crippen LogP contribution is 2.39. The van der Waals surface area contributed by atoms with Gasteiger partial charge in [0.05, 0.1) is 12.5 Å². The number of halogens is 3. The Morgan fingerprint density at radius 3 is 2.45 bits per heavy atom. The summed E-state index contributed by atoms with van der Waals surface area (Å²) < 4.78 is 43.0. The van der Waals surface area contributed by atoms with E-state index in [0.717, 1.165) is 18.7 Å². The van der Waals surface area contributed by atoms with Gasteiger partial charge < -0.3 is 10.1 Å². The molecule has 0 aliphatic heterocycles. The highest BCUT2D eigenvalue weighted by Gasteiger charge is 2.41. The number of benzene rings is 1. The van der Waals surface area contributed by atoms with Crippen molar-refractivity contribution in [3.63, 3.8) is 0 Å². The van der Waals surface area contributed by atoms with E-state index in [1.807, 2.05) is 18.2 Å². The van der Waals surface area contributed by atoms with Crippen molar-refractivity contribution in [3.8, 4) is 0 Å². The number of rotatable bonds is 6. The van der Waals surface area contributed by atoms with Gasteiger partial charge in [-0.2, -0.15) is 13.2 Å². The minimum absolute atomic E-state index is 0.277. The molecule has 1 fully saturated rings. The second-order valence-corrected chi connectivity index (χ2v) is 6.14. The third-order valence-corrected chi connectivity index (χ3v) is 4.37. The van der Waals surface area contributed by atoms with Crippen LogP contribution in [-0.4, -0.2) is 19.8 Å². The molecule has 1 N–H and O–H groups in total. The second-order valence-electron chi connectivity index (χ2n) is 6.14. The largest absolute Gasteiger partial charge is 0.391 e. The van der Waals surface area contributed by atoms with E-state index in [1.54, 1.807) is 7.11 Å². The molecule has 22 heavy (non-hydrogen) atoms. The second kappa shape index (κ2) is 7.97. The van der Waals surface area contributed by atoms with Crippen LogP contribution >= 0.6 is 0 Å². The fraction of sp³-hybridized carbons (Fsp3) is 0.647. The zero-order chi connectivity index (χ0) is 16.0. The van der Waals surface area contributed by atoms with Gasteiger partial charge in [0.1, 0.15) is 0 Å². The lowest BCUT2D eigenvalue weighted by Crippen LogP contribution is -2.31. The molecule has 0 unspecified atom stereocenters. The summed E-state index contributed by atoms with van der Waals surface area (Å²) in [5.41, 5.74) is 2.31. The Hall–Kier alpha value is -1.07. The molecule has 2 nitrogen and oxygen atoms in total. The van der Waals surface area contributed by atoms with Crippen molar-refractivity contribution in [1.29, 1.82) is 0 Å². The first-order valence-electron chi connectivity index (χ1n) is 7.83. The Balaban J connectivity index is 1.70. The summed E-state index contributed by atoms with van der Waals surface area (Å²) in [6.45, 7) is 2.13. The van der Waals surface area contributed by atoms with Crippen molar-refractivity contribution in [1.82, 2.24) is 5.32 Å². The standard InChI is InChI=1S/C17H24F3NO/c1-22-12-15-4-2-3-14(9-15)11-21-10-13-5-7-16(8-6-13)17(18,19)20/h2-4,9,13,16,21H,5-8,10-12H2,1H3. The van der Waals surface area contributed by atoms with Gasteiger partial charge in [-0.05, 0) is 49.3 Å². The predicted molar refractivity (Wildman–Crippen MR) is 80.4 cm³/mol. The van der Waals surface area contributed by atoms with Gasteiger partial charge in [0, 0.05) is 13.7 Å². The first kappa shape index (κ1) is 17.3. The van der Waals surface area contributed by atoms with E-state index in [0.29, 0.717) is 25.4 Å². The van der Waals surface area contributed by atoms with Crippen molar-refractivity contribution < 1.29 is 17.9 Å². The van der Waals surface area contributed by atoms with E-state index in [9.17, 15) is 13.2 Å². The number of methoxy groups -OCH3 is 1. The van der Waals surface area contributed by atoms with Crippen LogP contribution in [0.2, 0.25) is 0 Å². The van der Waals surface area contributed by atoms with E-state index in [4.69, 9.17) is 4.74 Å². The normalized spacial score (nSPS) is 22.7. The molecule has 0 spiro atoms. The van der Waals surface area contributed by atoms with Crippen LogP contribution in [0.1, 0.15) is 36.8 Å². The first-order chi connectivity index (χ1) is 10.5. The Morgan fingerprint density at radius 2 is 1.82 bits per heavy atom. The van der Waals surface area contributed by atoms with Gasteiger partial charge in [-0.3, -0.25) is 0 Å². The maximum Gasteiger partial charge on any atom is 0.391 e. The Morgan fingerprint density at radius 1 is 1.14 bits per heavy atom. The third-order valence-electron chi connectivity index (χ3n) is 4.37. The van der Waals surface area contributed by atoms with E-state index in [2.05, 4.69) is 11.4 Å². The molecule has 1 aliphatic rings. The summed E-state index contributed by atoms with van der Waals surface area (Å²) in [6, 6.07) is 8.16. The quantitative estimate of drug-likeness (QED) is 0.845. The summed E-state index contributed by atoms with van der Waals surface area (Å²) >= 11 is 0. The Kier molecular flexibility index (Phi) is 6.26. The van der Waals surface area contributed by atoms with Crippen LogP contribution in [0.4, 0.5) is 13.2 Å². The molecule has 1 aromatic carbocycles. The molecule has 0 amide bonds. The van der Waals surface area contributed by atoms with Gasteiger partial charge in [-0.1, -0.05) is 24.3 Å². The number of alkyl halides is 3. The third kappa shape index (κ3) is 5.29. The molecule has 1 saturated carbocycles. The summed E-state index contributed by atoms with van der Waals surface area (Å²) in [6.07, 6.45) is -2.12. The van der Waals surface area contributed by atoms with Crippen LogP contribution in [0.25, 0.3) is 0 Å². The molecule has 1 aromatic rings. The van der Waals surface area contributed by atoms with Crippen LogP contribution in [0.3, 0.4) is 0 Å². The topological polar surface area (TPSA) is 21.3 Å². The molecule has 0 heterocycles. The zero-order valence-electron chi connectivity index (χ0n) is 13.0. The summed E-state index contributed by atoms with van der Waals surface area (Å²) in [5, 5.41) is 3.37. The Labute approximate surface area is 130 Å². The fourth-order valence-corrected chi connectivity index (χ4v) is 3.11. The molecule has 0 radical (unpaired) electrons. The average Bonchev–Trinajstić information content (AvgIpc) is 2.48. The van der Waals surface area contributed by atoms with E-state index in [1.165, 1.54) is 5.56 Å². The zero-order valence-corrected chi connectivity index (χ0v) is 13.0. The lowest BCUT2D eigenvalue weighted by atomic mass is 9.81.